The molecule has 7 heteroatoms. The van der Waals surface area contributed by atoms with Crippen molar-refractivity contribution in [2.75, 3.05) is 12.4 Å². The Kier molecular flexibility index (Phi) is 5.13. The lowest BCUT2D eigenvalue weighted by Gasteiger charge is -2.09. The van der Waals surface area contributed by atoms with Crippen molar-refractivity contribution < 1.29 is 9.53 Å². The minimum absolute atomic E-state index is 0.336. The molecule has 2 N–H and O–H groups in total. The van der Waals surface area contributed by atoms with Gasteiger partial charge in [-0.25, -0.2) is 14.5 Å². The first-order chi connectivity index (χ1) is 15.7. The van der Waals surface area contributed by atoms with E-state index in [-0.39, 0.29) is 6.03 Å². The second-order valence-corrected chi connectivity index (χ2v) is 7.30. The summed E-state index contributed by atoms with van der Waals surface area (Å²) in [5.41, 5.74) is 3.30. The first-order valence-corrected chi connectivity index (χ1v) is 10.2. The molecule has 5 rings (SSSR count). The lowest BCUT2D eigenvalue weighted by Crippen LogP contribution is -2.28. The van der Waals surface area contributed by atoms with Crippen LogP contribution in [0, 0.1) is 0 Å². The molecule has 2 heterocycles. The summed E-state index contributed by atoms with van der Waals surface area (Å²) in [4.78, 5) is 17.3. The highest BCUT2D eigenvalue weighted by Crippen LogP contribution is 2.29. The SMILES string of the molecule is COc1ccc(-n2cc3c(n2)c(NC(=O)NCc2ccccc2)nc2ccccc23)cc1. The number of nitrogens with one attached hydrogen (secondary N) is 2. The number of aromatic nitrogens is 3. The fourth-order valence-electron chi connectivity index (χ4n) is 3.60. The Morgan fingerprint density at radius 1 is 0.938 bits per heavy atom. The van der Waals surface area contributed by atoms with Crippen molar-refractivity contribution in [2.24, 2.45) is 0 Å². The van der Waals surface area contributed by atoms with Gasteiger partial charge in [-0.15, -0.1) is 0 Å². The molecule has 3 aromatic carbocycles. The van der Waals surface area contributed by atoms with E-state index in [0.717, 1.165) is 33.3 Å². The zero-order valence-electron chi connectivity index (χ0n) is 17.4. The summed E-state index contributed by atoms with van der Waals surface area (Å²) in [6, 6.07) is 24.9. The normalized spacial score (nSPS) is 10.9. The van der Waals surface area contributed by atoms with Gasteiger partial charge in [0.25, 0.3) is 0 Å². The minimum atomic E-state index is -0.336. The quantitative estimate of drug-likeness (QED) is 0.421. The van der Waals surface area contributed by atoms with Crippen LogP contribution in [0.25, 0.3) is 27.5 Å². The molecule has 0 fully saturated rings. The molecule has 0 atom stereocenters. The first-order valence-electron chi connectivity index (χ1n) is 10.2. The highest BCUT2D eigenvalue weighted by atomic mass is 16.5. The van der Waals surface area contributed by atoms with Crippen LogP contribution in [0.4, 0.5) is 10.6 Å². The highest BCUT2D eigenvalue weighted by Gasteiger charge is 2.15. The molecule has 32 heavy (non-hydrogen) atoms. The summed E-state index contributed by atoms with van der Waals surface area (Å²) in [5.74, 6) is 1.19. The highest BCUT2D eigenvalue weighted by molar-refractivity contribution is 6.10. The zero-order valence-corrected chi connectivity index (χ0v) is 17.4. The third-order valence-corrected chi connectivity index (χ3v) is 5.23. The van der Waals surface area contributed by atoms with Gasteiger partial charge >= 0.3 is 6.03 Å². The molecular weight excluding hydrogens is 402 g/mol. The number of rotatable bonds is 5. The summed E-state index contributed by atoms with van der Waals surface area (Å²) in [6.07, 6.45) is 1.95. The van der Waals surface area contributed by atoms with Gasteiger partial charge in [0.05, 0.1) is 18.3 Å². The van der Waals surface area contributed by atoms with Crippen LogP contribution in [0.15, 0.2) is 85.1 Å². The van der Waals surface area contributed by atoms with Gasteiger partial charge < -0.3 is 10.1 Å². The average Bonchev–Trinajstić information content (AvgIpc) is 3.30. The number of pyridine rings is 1. The molecule has 2 aromatic heterocycles. The molecule has 0 bridgehead atoms. The van der Waals surface area contributed by atoms with E-state index in [4.69, 9.17) is 9.84 Å². The van der Waals surface area contributed by atoms with Crippen LogP contribution in [-0.2, 0) is 6.54 Å². The summed E-state index contributed by atoms with van der Waals surface area (Å²) < 4.78 is 7.03. The van der Waals surface area contributed by atoms with Crippen LogP contribution < -0.4 is 15.4 Å². The smallest absolute Gasteiger partial charge is 0.320 e. The van der Waals surface area contributed by atoms with E-state index in [9.17, 15) is 4.79 Å². The van der Waals surface area contributed by atoms with Crippen molar-refractivity contribution in [1.29, 1.82) is 0 Å². The van der Waals surface area contributed by atoms with E-state index in [0.29, 0.717) is 17.9 Å². The van der Waals surface area contributed by atoms with Gasteiger partial charge in [0, 0.05) is 23.5 Å². The van der Waals surface area contributed by atoms with E-state index in [1.807, 2.05) is 85.1 Å². The van der Waals surface area contributed by atoms with E-state index in [1.165, 1.54) is 0 Å². The van der Waals surface area contributed by atoms with Crippen LogP contribution in [0.3, 0.4) is 0 Å². The number of carbonyl (C=O) groups excluding carboxylic acids is 1. The molecular formula is C25H21N5O2. The standard InChI is InChI=1S/C25H21N5O2/c1-32-19-13-11-18(12-14-19)30-16-21-20-9-5-6-10-22(20)27-24(23(21)29-30)28-25(31)26-15-17-7-3-2-4-8-17/h2-14,16H,15H2,1H3,(H2,26,27,28,31). The third-order valence-electron chi connectivity index (χ3n) is 5.23. The van der Waals surface area contributed by atoms with E-state index in [1.54, 1.807) is 11.8 Å². The maximum absolute atomic E-state index is 12.6. The lowest BCUT2D eigenvalue weighted by molar-refractivity contribution is 0.251. The van der Waals surface area contributed by atoms with Crippen LogP contribution in [0.5, 0.6) is 5.75 Å². The number of methoxy groups -OCH3 is 1. The summed E-state index contributed by atoms with van der Waals surface area (Å²) in [6.45, 7) is 0.420. The molecule has 2 amide bonds. The van der Waals surface area contributed by atoms with Crippen molar-refractivity contribution in [2.45, 2.75) is 6.54 Å². The number of ether oxygens (including phenoxy) is 1. The van der Waals surface area contributed by atoms with Gasteiger partial charge in [0.15, 0.2) is 5.82 Å². The van der Waals surface area contributed by atoms with Crippen LogP contribution in [-0.4, -0.2) is 27.9 Å². The molecule has 0 aliphatic carbocycles. The Hall–Kier alpha value is -4.39. The number of hydrogen-bond donors (Lipinski definition) is 2. The Balaban J connectivity index is 1.50. The van der Waals surface area contributed by atoms with Crippen molar-refractivity contribution in [1.82, 2.24) is 20.1 Å². The predicted molar refractivity (Wildman–Crippen MR) is 125 cm³/mol. The Morgan fingerprint density at radius 2 is 1.69 bits per heavy atom. The fraction of sp³-hybridized carbons (Fsp3) is 0.0800. The van der Waals surface area contributed by atoms with Crippen molar-refractivity contribution in [3.63, 3.8) is 0 Å². The second kappa shape index (κ2) is 8.39. The second-order valence-electron chi connectivity index (χ2n) is 7.30. The summed E-state index contributed by atoms with van der Waals surface area (Å²) >= 11 is 0. The van der Waals surface area contributed by atoms with Gasteiger partial charge in [-0.3, -0.25) is 5.32 Å². The van der Waals surface area contributed by atoms with Crippen LogP contribution >= 0.6 is 0 Å². The van der Waals surface area contributed by atoms with Crippen LogP contribution in [0.2, 0.25) is 0 Å². The summed E-state index contributed by atoms with van der Waals surface area (Å²) in [5, 5.41) is 12.4. The number of carbonyl (C=O) groups is 1. The van der Waals surface area contributed by atoms with Crippen LogP contribution in [0.1, 0.15) is 5.56 Å². The molecule has 158 valence electrons. The number of hydrogen-bond acceptors (Lipinski definition) is 4. The zero-order chi connectivity index (χ0) is 21.9. The number of benzene rings is 3. The average molecular weight is 423 g/mol. The molecule has 0 radical (unpaired) electrons. The maximum Gasteiger partial charge on any atom is 0.320 e. The Labute approximate surface area is 184 Å². The topological polar surface area (TPSA) is 81.1 Å². The van der Waals surface area contributed by atoms with E-state index in [2.05, 4.69) is 15.6 Å². The number of amides is 2. The molecule has 0 unspecified atom stereocenters. The Morgan fingerprint density at radius 3 is 2.47 bits per heavy atom. The summed E-state index contributed by atoms with van der Waals surface area (Å²) in [7, 11) is 1.63. The van der Waals surface area contributed by atoms with Gasteiger partial charge in [0.2, 0.25) is 0 Å². The molecule has 0 aliphatic heterocycles. The minimum Gasteiger partial charge on any atom is -0.497 e. The van der Waals surface area contributed by atoms with Crippen molar-refractivity contribution in [3.05, 3.63) is 90.6 Å². The maximum atomic E-state index is 12.6. The number of anilines is 1. The number of urea groups is 1. The van der Waals surface area contributed by atoms with Gasteiger partial charge in [-0.1, -0.05) is 48.5 Å². The number of nitrogens with zero attached hydrogens (tertiary/aromatic N) is 3. The van der Waals surface area contributed by atoms with Crippen molar-refractivity contribution in [3.8, 4) is 11.4 Å². The molecule has 0 aliphatic rings. The molecule has 0 spiro atoms. The van der Waals surface area contributed by atoms with E-state index >= 15 is 0 Å². The number of para-hydroxylation sites is 1. The van der Waals surface area contributed by atoms with Crippen molar-refractivity contribution >= 4 is 33.7 Å². The molecule has 0 saturated carbocycles. The number of fused-ring (bicyclic) bond motifs is 3. The fourth-order valence-corrected chi connectivity index (χ4v) is 3.60. The van der Waals surface area contributed by atoms with Gasteiger partial charge in [-0.2, -0.15) is 5.10 Å². The molecule has 0 saturated heterocycles. The van der Waals surface area contributed by atoms with Gasteiger partial charge in [0.1, 0.15) is 11.3 Å². The monoisotopic (exact) mass is 423 g/mol. The first kappa shape index (κ1) is 19.6. The van der Waals surface area contributed by atoms with Gasteiger partial charge in [-0.05, 0) is 35.9 Å². The lowest BCUT2D eigenvalue weighted by atomic mass is 10.1. The molecule has 7 nitrogen and oxygen atoms in total. The molecule has 5 aromatic rings. The Bertz CT molecular complexity index is 1400. The predicted octanol–water partition coefficient (Wildman–Crippen LogP) is 4.90. The van der Waals surface area contributed by atoms with E-state index < -0.39 is 0 Å². The largest absolute Gasteiger partial charge is 0.497 e. The third kappa shape index (κ3) is 3.83.